The predicted molar refractivity (Wildman–Crippen MR) is 128 cm³/mol. The highest BCUT2D eigenvalue weighted by Crippen LogP contribution is 2.47. The van der Waals surface area contributed by atoms with Crippen molar-refractivity contribution < 1.29 is 18.9 Å². The van der Waals surface area contributed by atoms with Gasteiger partial charge in [-0.25, -0.2) is 0 Å². The molecule has 2 fully saturated rings. The minimum Gasteiger partial charge on any atom is -0.404 e. The van der Waals surface area contributed by atoms with Crippen LogP contribution in [0, 0.1) is 11.3 Å². The van der Waals surface area contributed by atoms with Crippen molar-refractivity contribution in [3.8, 4) is 0 Å². The van der Waals surface area contributed by atoms with Gasteiger partial charge in [0.25, 0.3) is 5.91 Å². The molecule has 1 saturated heterocycles. The van der Waals surface area contributed by atoms with E-state index in [1.807, 2.05) is 0 Å². The number of nitrogens with one attached hydrogen (secondary N) is 2. The summed E-state index contributed by atoms with van der Waals surface area (Å²) in [4.78, 5) is 25.1. The molecule has 1 aromatic rings. The standard InChI is InChI=1S/C23H33BCl2N2O4/c1-14(2)10-19(24-31-18-8-9-22(3,4)13-23(18,5)32-24)28-20(29)12-27-21(30)16-11-15(25)6-7-17(16)26/h6-7,11,14,18-19H,8-10,12-13H2,1-5H3,(H,27,30)(H,28,29)/t18?,19-,23-/m0/s1. The molecule has 176 valence electrons. The van der Waals surface area contributed by atoms with Crippen LogP contribution in [0.1, 0.15) is 70.7 Å². The van der Waals surface area contributed by atoms with E-state index in [0.717, 1.165) is 19.3 Å². The molecular weight excluding hydrogens is 450 g/mol. The Morgan fingerprint density at radius 1 is 1.25 bits per heavy atom. The Bertz CT molecular complexity index is 866. The molecule has 0 spiro atoms. The SMILES string of the molecule is CC(C)C[C@H](NC(=O)CNC(=O)c1cc(Cl)ccc1Cl)B1OC2CCC(C)(C)C[C@]2(C)O1. The molecule has 1 saturated carbocycles. The van der Waals surface area contributed by atoms with E-state index in [0.29, 0.717) is 17.4 Å². The Labute approximate surface area is 201 Å². The summed E-state index contributed by atoms with van der Waals surface area (Å²) >= 11 is 12.0. The van der Waals surface area contributed by atoms with Gasteiger partial charge in [0, 0.05) is 5.02 Å². The molecule has 1 unspecified atom stereocenters. The fraction of sp³-hybridized carbons (Fsp3) is 0.652. The molecule has 9 heteroatoms. The minimum absolute atomic E-state index is 0.0248. The summed E-state index contributed by atoms with van der Waals surface area (Å²) in [5.74, 6) is -0.740. The quantitative estimate of drug-likeness (QED) is 0.553. The van der Waals surface area contributed by atoms with Gasteiger partial charge < -0.3 is 19.9 Å². The first-order valence-corrected chi connectivity index (χ1v) is 12.0. The van der Waals surface area contributed by atoms with E-state index in [1.54, 1.807) is 12.1 Å². The number of fused-ring (bicyclic) bond motifs is 1. The first kappa shape index (κ1) is 25.3. The molecule has 3 rings (SSSR count). The van der Waals surface area contributed by atoms with Crippen molar-refractivity contribution >= 4 is 42.1 Å². The number of hydrogen-bond donors (Lipinski definition) is 2. The van der Waals surface area contributed by atoms with E-state index in [1.165, 1.54) is 6.07 Å². The average molecular weight is 483 g/mol. The third-order valence-corrected chi connectivity index (χ3v) is 6.83. The van der Waals surface area contributed by atoms with Crippen molar-refractivity contribution in [2.75, 3.05) is 6.54 Å². The second kappa shape index (κ2) is 9.92. The predicted octanol–water partition coefficient (Wildman–Crippen LogP) is 4.67. The lowest BCUT2D eigenvalue weighted by Crippen LogP contribution is -2.51. The number of rotatable bonds is 7. The van der Waals surface area contributed by atoms with Crippen LogP contribution in [0.3, 0.4) is 0 Å². The van der Waals surface area contributed by atoms with Crippen LogP contribution >= 0.6 is 23.2 Å². The highest BCUT2D eigenvalue weighted by Gasteiger charge is 2.55. The molecule has 0 bridgehead atoms. The van der Waals surface area contributed by atoms with Gasteiger partial charge in [-0.05, 0) is 62.1 Å². The van der Waals surface area contributed by atoms with Crippen LogP contribution in [0.2, 0.25) is 10.0 Å². The van der Waals surface area contributed by atoms with Gasteiger partial charge in [-0.15, -0.1) is 0 Å². The molecule has 3 atom stereocenters. The molecule has 1 heterocycles. The van der Waals surface area contributed by atoms with E-state index in [-0.39, 0.29) is 46.1 Å². The Balaban J connectivity index is 1.61. The van der Waals surface area contributed by atoms with Gasteiger partial charge >= 0.3 is 7.12 Å². The van der Waals surface area contributed by atoms with Crippen LogP contribution in [-0.2, 0) is 14.1 Å². The number of carbonyl (C=O) groups is 2. The van der Waals surface area contributed by atoms with Crippen LogP contribution in [0.4, 0.5) is 0 Å². The monoisotopic (exact) mass is 482 g/mol. The topological polar surface area (TPSA) is 76.7 Å². The van der Waals surface area contributed by atoms with E-state index in [2.05, 4.69) is 45.3 Å². The van der Waals surface area contributed by atoms with E-state index >= 15 is 0 Å². The third-order valence-electron chi connectivity index (χ3n) is 6.26. The molecule has 2 N–H and O–H groups in total. The fourth-order valence-corrected chi connectivity index (χ4v) is 5.25. The summed E-state index contributed by atoms with van der Waals surface area (Å²) in [6, 6.07) is 4.63. The van der Waals surface area contributed by atoms with Gasteiger partial charge in [-0.1, -0.05) is 50.9 Å². The molecule has 32 heavy (non-hydrogen) atoms. The maximum atomic E-state index is 12.7. The molecule has 2 amide bonds. The lowest BCUT2D eigenvalue weighted by atomic mass is 9.69. The van der Waals surface area contributed by atoms with Crippen LogP contribution < -0.4 is 10.6 Å². The molecular formula is C23H33BCl2N2O4. The zero-order valence-corrected chi connectivity index (χ0v) is 21.0. The van der Waals surface area contributed by atoms with Gasteiger partial charge in [0.05, 0.1) is 34.8 Å². The van der Waals surface area contributed by atoms with Crippen LogP contribution in [0.15, 0.2) is 18.2 Å². The van der Waals surface area contributed by atoms with Gasteiger partial charge in [-0.2, -0.15) is 0 Å². The molecule has 0 radical (unpaired) electrons. The summed E-state index contributed by atoms with van der Waals surface area (Å²) in [7, 11) is -0.511. The van der Waals surface area contributed by atoms with Gasteiger partial charge in [0.15, 0.2) is 0 Å². The van der Waals surface area contributed by atoms with Crippen LogP contribution in [0.25, 0.3) is 0 Å². The van der Waals surface area contributed by atoms with E-state index in [4.69, 9.17) is 32.5 Å². The Hall–Kier alpha value is -1.28. The van der Waals surface area contributed by atoms with E-state index < -0.39 is 13.0 Å². The van der Waals surface area contributed by atoms with Crippen molar-refractivity contribution in [1.29, 1.82) is 0 Å². The highest BCUT2D eigenvalue weighted by atomic mass is 35.5. The number of amides is 2. The minimum atomic E-state index is -0.511. The van der Waals surface area contributed by atoms with Crippen molar-refractivity contribution in [2.45, 2.75) is 77.9 Å². The first-order valence-electron chi connectivity index (χ1n) is 11.2. The number of hydrogen-bond acceptors (Lipinski definition) is 4. The fourth-order valence-electron chi connectivity index (χ4n) is 4.87. The lowest BCUT2D eigenvalue weighted by Gasteiger charge is -2.43. The van der Waals surface area contributed by atoms with Crippen molar-refractivity contribution in [2.24, 2.45) is 11.3 Å². The van der Waals surface area contributed by atoms with Gasteiger partial charge in [0.2, 0.25) is 5.91 Å². The van der Waals surface area contributed by atoms with E-state index in [9.17, 15) is 9.59 Å². The number of halogens is 2. The summed E-state index contributed by atoms with van der Waals surface area (Å²) in [6.45, 7) is 10.6. The lowest BCUT2D eigenvalue weighted by molar-refractivity contribution is -0.120. The zero-order valence-electron chi connectivity index (χ0n) is 19.5. The second-order valence-corrected chi connectivity index (χ2v) is 11.3. The highest BCUT2D eigenvalue weighted by molar-refractivity contribution is 6.47. The average Bonchev–Trinajstić information content (AvgIpc) is 3.02. The second-order valence-electron chi connectivity index (χ2n) is 10.4. The smallest absolute Gasteiger partial charge is 0.404 e. The van der Waals surface area contributed by atoms with Crippen molar-refractivity contribution in [3.05, 3.63) is 33.8 Å². The zero-order chi connectivity index (χ0) is 23.7. The summed E-state index contributed by atoms with van der Waals surface area (Å²) in [5.41, 5.74) is 0.0728. The number of carbonyl (C=O) groups excluding carboxylic acids is 2. The van der Waals surface area contributed by atoms with Crippen LogP contribution in [0.5, 0.6) is 0 Å². The summed E-state index contributed by atoms with van der Waals surface area (Å²) in [6.07, 6.45) is 3.68. The third kappa shape index (κ3) is 6.19. The Morgan fingerprint density at radius 2 is 1.97 bits per heavy atom. The molecule has 6 nitrogen and oxygen atoms in total. The summed E-state index contributed by atoms with van der Waals surface area (Å²) < 4.78 is 12.7. The summed E-state index contributed by atoms with van der Waals surface area (Å²) in [5, 5.41) is 6.29. The van der Waals surface area contributed by atoms with Crippen LogP contribution in [-0.4, -0.2) is 43.1 Å². The molecule has 1 aliphatic carbocycles. The molecule has 1 aromatic carbocycles. The maximum absolute atomic E-state index is 12.7. The molecule has 0 aromatic heterocycles. The molecule has 1 aliphatic heterocycles. The Morgan fingerprint density at radius 3 is 2.66 bits per heavy atom. The number of benzene rings is 1. The van der Waals surface area contributed by atoms with Crippen molar-refractivity contribution in [1.82, 2.24) is 10.6 Å². The largest absolute Gasteiger partial charge is 0.481 e. The van der Waals surface area contributed by atoms with Gasteiger partial charge in [0.1, 0.15) is 0 Å². The normalized spacial score (nSPS) is 25.4. The first-order chi connectivity index (χ1) is 14.9. The van der Waals surface area contributed by atoms with Gasteiger partial charge in [-0.3, -0.25) is 9.59 Å². The molecule has 2 aliphatic rings. The maximum Gasteiger partial charge on any atom is 0.481 e. The Kier molecular flexibility index (Phi) is 7.86. The van der Waals surface area contributed by atoms with Crippen molar-refractivity contribution in [3.63, 3.8) is 0 Å².